The summed E-state index contributed by atoms with van der Waals surface area (Å²) >= 11 is 10.9. The molecule has 0 radical (unpaired) electrons. The van der Waals surface area contributed by atoms with Gasteiger partial charge in [0.25, 0.3) is 0 Å². The minimum atomic E-state index is -0.394. The van der Waals surface area contributed by atoms with Crippen molar-refractivity contribution < 1.29 is 4.39 Å². The number of nitrogens with one attached hydrogen (secondary N) is 1. The number of hydrogen-bond acceptors (Lipinski definition) is 2. The van der Waals surface area contributed by atoms with Crippen LogP contribution in [0.1, 0.15) is 17.2 Å². The topological polar surface area (TPSA) is 12.0 Å². The maximum atomic E-state index is 14.3. The Morgan fingerprint density at radius 1 is 1.20 bits per heavy atom. The van der Waals surface area contributed by atoms with E-state index in [2.05, 4.69) is 21.2 Å². The molecule has 0 aromatic heterocycles. The lowest BCUT2D eigenvalue weighted by molar-refractivity contribution is 0.575. The summed E-state index contributed by atoms with van der Waals surface area (Å²) in [7, 11) is 1.81. The molecule has 2 aromatic carbocycles. The van der Waals surface area contributed by atoms with Gasteiger partial charge in [-0.05, 0) is 53.0 Å². The van der Waals surface area contributed by atoms with Gasteiger partial charge in [0, 0.05) is 14.9 Å². The van der Waals surface area contributed by atoms with Crippen LogP contribution in [0, 0.1) is 5.82 Å². The summed E-state index contributed by atoms with van der Waals surface area (Å²) in [5.74, 6) is -0.394. The van der Waals surface area contributed by atoms with Crippen LogP contribution in [0.25, 0.3) is 0 Å². The summed E-state index contributed by atoms with van der Waals surface area (Å²) in [6.45, 7) is 0. The Hall–Kier alpha value is -0.550. The van der Waals surface area contributed by atoms with Gasteiger partial charge >= 0.3 is 0 Å². The summed E-state index contributed by atoms with van der Waals surface area (Å²) in [5, 5.41) is 3.25. The Kier molecular flexibility index (Phi) is 5.49. The van der Waals surface area contributed by atoms with Crippen molar-refractivity contribution in [1.29, 1.82) is 0 Å². The molecule has 106 valence electrons. The van der Waals surface area contributed by atoms with Crippen LogP contribution in [0.2, 0.25) is 5.02 Å². The van der Waals surface area contributed by atoms with E-state index in [0.29, 0.717) is 10.0 Å². The first-order chi connectivity index (χ1) is 9.58. The third-order valence-corrected chi connectivity index (χ3v) is 5.12. The van der Waals surface area contributed by atoms with Gasteiger partial charge in [0.1, 0.15) is 5.82 Å². The molecule has 1 nitrogen and oxygen atoms in total. The standard InChI is InChI=1S/C15H14BrClFNS/c1-19-15(9-3-5-10(20-2)6-4-9)11-7-8-12(16)13(17)14(11)18/h3-8,15,19H,1-2H3. The summed E-state index contributed by atoms with van der Waals surface area (Å²) in [5.41, 5.74) is 1.54. The van der Waals surface area contributed by atoms with Crippen molar-refractivity contribution in [3.8, 4) is 0 Å². The third kappa shape index (κ3) is 3.19. The van der Waals surface area contributed by atoms with E-state index in [0.717, 1.165) is 5.56 Å². The fraction of sp³-hybridized carbons (Fsp3) is 0.200. The second-order valence-corrected chi connectivity index (χ2v) is 6.37. The van der Waals surface area contributed by atoms with Gasteiger partial charge in [-0.1, -0.05) is 29.8 Å². The maximum Gasteiger partial charge on any atom is 0.148 e. The fourth-order valence-corrected chi connectivity index (χ4v) is 2.95. The highest BCUT2D eigenvalue weighted by Gasteiger charge is 2.19. The molecular weight excluding hydrogens is 361 g/mol. The molecule has 0 amide bonds. The van der Waals surface area contributed by atoms with Gasteiger partial charge in [0.2, 0.25) is 0 Å². The SMILES string of the molecule is CNC(c1ccc(SC)cc1)c1ccc(Br)c(Cl)c1F. The van der Waals surface area contributed by atoms with E-state index in [1.54, 1.807) is 23.9 Å². The zero-order valence-corrected chi connectivity index (χ0v) is 14.2. The number of rotatable bonds is 4. The molecule has 0 aliphatic heterocycles. The average molecular weight is 375 g/mol. The van der Waals surface area contributed by atoms with E-state index in [1.807, 2.05) is 37.6 Å². The van der Waals surface area contributed by atoms with Gasteiger partial charge in [0.15, 0.2) is 0 Å². The second-order valence-electron chi connectivity index (χ2n) is 4.26. The Morgan fingerprint density at radius 2 is 1.85 bits per heavy atom. The molecule has 2 aromatic rings. The molecule has 0 saturated carbocycles. The third-order valence-electron chi connectivity index (χ3n) is 3.11. The largest absolute Gasteiger partial charge is 0.309 e. The minimum Gasteiger partial charge on any atom is -0.309 e. The molecule has 2 rings (SSSR count). The van der Waals surface area contributed by atoms with Crippen molar-refractivity contribution in [2.75, 3.05) is 13.3 Å². The van der Waals surface area contributed by atoms with Crippen molar-refractivity contribution in [1.82, 2.24) is 5.32 Å². The van der Waals surface area contributed by atoms with Crippen LogP contribution >= 0.6 is 39.3 Å². The molecule has 1 N–H and O–H groups in total. The van der Waals surface area contributed by atoms with Gasteiger partial charge in [-0.2, -0.15) is 0 Å². The molecule has 0 aliphatic rings. The van der Waals surface area contributed by atoms with E-state index in [9.17, 15) is 4.39 Å². The van der Waals surface area contributed by atoms with Crippen molar-refractivity contribution in [2.45, 2.75) is 10.9 Å². The first kappa shape index (κ1) is 15.8. The molecule has 20 heavy (non-hydrogen) atoms. The lowest BCUT2D eigenvalue weighted by Crippen LogP contribution is -2.19. The molecular formula is C15H14BrClFNS. The van der Waals surface area contributed by atoms with Crippen LogP contribution in [0.15, 0.2) is 45.8 Å². The summed E-state index contributed by atoms with van der Waals surface area (Å²) in [6.07, 6.45) is 2.03. The smallest absolute Gasteiger partial charge is 0.148 e. The van der Waals surface area contributed by atoms with E-state index in [1.165, 1.54) is 4.90 Å². The van der Waals surface area contributed by atoms with Crippen LogP contribution in [0.4, 0.5) is 4.39 Å². The summed E-state index contributed by atoms with van der Waals surface area (Å²) in [6, 6.07) is 11.4. The highest BCUT2D eigenvalue weighted by Crippen LogP contribution is 2.33. The van der Waals surface area contributed by atoms with Crippen LogP contribution < -0.4 is 5.32 Å². The molecule has 0 fully saturated rings. The van der Waals surface area contributed by atoms with Crippen LogP contribution in [0.3, 0.4) is 0 Å². The monoisotopic (exact) mass is 373 g/mol. The van der Waals surface area contributed by atoms with Gasteiger partial charge < -0.3 is 5.32 Å². The lowest BCUT2D eigenvalue weighted by Gasteiger charge is -2.19. The summed E-state index contributed by atoms with van der Waals surface area (Å²) < 4.78 is 14.9. The van der Waals surface area contributed by atoms with E-state index in [-0.39, 0.29) is 11.1 Å². The minimum absolute atomic E-state index is 0.114. The first-order valence-electron chi connectivity index (χ1n) is 6.03. The van der Waals surface area contributed by atoms with Crippen molar-refractivity contribution >= 4 is 39.3 Å². The number of halogens is 3. The summed E-state index contributed by atoms with van der Waals surface area (Å²) in [4.78, 5) is 1.18. The highest BCUT2D eigenvalue weighted by atomic mass is 79.9. The zero-order chi connectivity index (χ0) is 14.7. The Bertz CT molecular complexity index is 604. The Morgan fingerprint density at radius 3 is 2.40 bits per heavy atom. The van der Waals surface area contributed by atoms with Gasteiger partial charge in [-0.25, -0.2) is 4.39 Å². The van der Waals surface area contributed by atoms with Gasteiger partial charge in [0.05, 0.1) is 11.1 Å². The van der Waals surface area contributed by atoms with Crippen molar-refractivity contribution in [3.05, 3.63) is 62.8 Å². The molecule has 1 unspecified atom stereocenters. The second kappa shape index (κ2) is 6.94. The normalized spacial score (nSPS) is 12.4. The number of hydrogen-bond donors (Lipinski definition) is 1. The van der Waals surface area contributed by atoms with Crippen molar-refractivity contribution in [2.24, 2.45) is 0 Å². The lowest BCUT2D eigenvalue weighted by atomic mass is 9.98. The maximum absolute atomic E-state index is 14.3. The molecule has 1 atom stereocenters. The predicted octanol–water partition coefficient (Wildman–Crippen LogP) is 5.27. The van der Waals surface area contributed by atoms with E-state index in [4.69, 9.17) is 11.6 Å². The quantitative estimate of drug-likeness (QED) is 0.578. The molecule has 5 heteroatoms. The highest BCUT2D eigenvalue weighted by molar-refractivity contribution is 9.10. The van der Waals surface area contributed by atoms with Crippen LogP contribution in [-0.4, -0.2) is 13.3 Å². The van der Waals surface area contributed by atoms with Gasteiger partial charge in [-0.3, -0.25) is 0 Å². The zero-order valence-electron chi connectivity index (χ0n) is 11.1. The Balaban J connectivity index is 2.44. The molecule has 0 heterocycles. The number of thioether (sulfide) groups is 1. The van der Waals surface area contributed by atoms with Crippen LogP contribution in [-0.2, 0) is 0 Å². The first-order valence-corrected chi connectivity index (χ1v) is 8.42. The molecule has 0 spiro atoms. The van der Waals surface area contributed by atoms with Crippen molar-refractivity contribution in [3.63, 3.8) is 0 Å². The molecule has 0 saturated heterocycles. The fourth-order valence-electron chi connectivity index (χ4n) is 2.06. The average Bonchev–Trinajstić information content (AvgIpc) is 2.48. The molecule has 0 aliphatic carbocycles. The van der Waals surface area contributed by atoms with Crippen LogP contribution in [0.5, 0.6) is 0 Å². The predicted molar refractivity (Wildman–Crippen MR) is 88.2 cm³/mol. The Labute approximate surface area is 136 Å². The van der Waals surface area contributed by atoms with Gasteiger partial charge in [-0.15, -0.1) is 11.8 Å². The molecule has 0 bridgehead atoms. The van der Waals surface area contributed by atoms with E-state index < -0.39 is 5.82 Å². The number of benzene rings is 2. The van der Waals surface area contributed by atoms with E-state index >= 15 is 0 Å².